The molecule has 1 atom stereocenters. The number of ether oxygens (including phenoxy) is 1. The van der Waals surface area contributed by atoms with Crippen molar-refractivity contribution < 1.29 is 9.53 Å². The highest BCUT2D eigenvalue weighted by atomic mass is 35.5. The van der Waals surface area contributed by atoms with Gasteiger partial charge < -0.3 is 10.1 Å². The molecule has 5 heteroatoms. The zero-order valence-electron chi connectivity index (χ0n) is 13.0. The van der Waals surface area contributed by atoms with E-state index in [1.807, 2.05) is 61.5 Å². The lowest BCUT2D eigenvalue weighted by Crippen LogP contribution is -2.28. The van der Waals surface area contributed by atoms with Crippen molar-refractivity contribution in [1.29, 1.82) is 0 Å². The zero-order chi connectivity index (χ0) is 16.5. The maximum absolute atomic E-state index is 11.9. The van der Waals surface area contributed by atoms with E-state index >= 15 is 0 Å². The molecule has 0 saturated heterocycles. The van der Waals surface area contributed by atoms with Crippen LogP contribution in [0.1, 0.15) is 18.5 Å². The number of thioether (sulfide) groups is 1. The van der Waals surface area contributed by atoms with Gasteiger partial charge in [0.15, 0.2) is 0 Å². The van der Waals surface area contributed by atoms with Gasteiger partial charge in [-0.3, -0.25) is 4.79 Å². The average Bonchev–Trinajstić information content (AvgIpc) is 2.56. The van der Waals surface area contributed by atoms with Crippen molar-refractivity contribution in [3.05, 3.63) is 65.2 Å². The smallest absolute Gasteiger partial charge is 0.230 e. The second-order valence-electron chi connectivity index (χ2n) is 5.05. The molecule has 0 aliphatic rings. The fourth-order valence-corrected chi connectivity index (χ4v) is 2.76. The maximum Gasteiger partial charge on any atom is 0.230 e. The van der Waals surface area contributed by atoms with E-state index in [1.54, 1.807) is 11.8 Å². The Bertz CT molecular complexity index is 604. The van der Waals surface area contributed by atoms with Crippen molar-refractivity contribution in [1.82, 2.24) is 5.32 Å². The molecule has 1 unspecified atom stereocenters. The summed E-state index contributed by atoms with van der Waals surface area (Å²) in [4.78, 5) is 11.9. The molecule has 2 rings (SSSR count). The van der Waals surface area contributed by atoms with Crippen LogP contribution in [0.25, 0.3) is 0 Å². The predicted molar refractivity (Wildman–Crippen MR) is 97.3 cm³/mol. The molecule has 0 aromatic heterocycles. The van der Waals surface area contributed by atoms with Crippen LogP contribution >= 0.6 is 23.4 Å². The van der Waals surface area contributed by atoms with Crippen LogP contribution in [0, 0.1) is 0 Å². The van der Waals surface area contributed by atoms with Crippen LogP contribution in [0.2, 0.25) is 5.02 Å². The largest absolute Gasteiger partial charge is 0.493 e. The molecule has 0 heterocycles. The minimum Gasteiger partial charge on any atom is -0.493 e. The van der Waals surface area contributed by atoms with Gasteiger partial charge in [-0.05, 0) is 36.8 Å². The average molecular weight is 350 g/mol. The molecular formula is C18H20ClNO2S. The molecule has 0 bridgehead atoms. The Morgan fingerprint density at radius 3 is 2.57 bits per heavy atom. The number of para-hydroxylation sites is 1. The molecular weight excluding hydrogens is 330 g/mol. The lowest BCUT2D eigenvalue weighted by Gasteiger charge is -2.14. The summed E-state index contributed by atoms with van der Waals surface area (Å²) in [5.74, 6) is 2.08. The summed E-state index contributed by atoms with van der Waals surface area (Å²) < 4.78 is 5.58. The third-order valence-electron chi connectivity index (χ3n) is 3.22. The summed E-state index contributed by atoms with van der Waals surface area (Å²) in [5, 5.41) is 3.68. The van der Waals surface area contributed by atoms with Crippen molar-refractivity contribution >= 4 is 29.3 Å². The van der Waals surface area contributed by atoms with Gasteiger partial charge in [-0.25, -0.2) is 0 Å². The number of carbonyl (C=O) groups excluding carboxylic acids is 1. The Morgan fingerprint density at radius 1 is 1.17 bits per heavy atom. The number of hydrogen-bond acceptors (Lipinski definition) is 3. The van der Waals surface area contributed by atoms with Gasteiger partial charge in [0.25, 0.3) is 0 Å². The molecule has 0 saturated carbocycles. The first kappa shape index (κ1) is 17.7. The molecule has 2 aromatic carbocycles. The first-order valence-electron chi connectivity index (χ1n) is 7.45. The van der Waals surface area contributed by atoms with E-state index in [0.29, 0.717) is 17.4 Å². The van der Waals surface area contributed by atoms with E-state index < -0.39 is 0 Å². The molecule has 0 aliphatic heterocycles. The van der Waals surface area contributed by atoms with Gasteiger partial charge >= 0.3 is 0 Å². The molecule has 0 spiro atoms. The molecule has 2 aromatic rings. The number of amides is 1. The Balaban J connectivity index is 1.62. The van der Waals surface area contributed by atoms with E-state index in [4.69, 9.17) is 16.3 Å². The molecule has 1 N–H and O–H groups in total. The van der Waals surface area contributed by atoms with Crippen LogP contribution in [0.15, 0.2) is 54.6 Å². The summed E-state index contributed by atoms with van der Waals surface area (Å²) in [7, 11) is 0. The van der Waals surface area contributed by atoms with Crippen molar-refractivity contribution in [2.24, 2.45) is 0 Å². The van der Waals surface area contributed by atoms with Crippen LogP contribution in [0.3, 0.4) is 0 Å². The Labute approximate surface area is 146 Å². The van der Waals surface area contributed by atoms with Crippen LogP contribution in [-0.4, -0.2) is 24.0 Å². The number of benzene rings is 2. The highest BCUT2D eigenvalue weighted by Crippen LogP contribution is 2.16. The van der Waals surface area contributed by atoms with Gasteiger partial charge in [-0.15, -0.1) is 11.8 Å². The van der Waals surface area contributed by atoms with E-state index in [9.17, 15) is 4.79 Å². The molecule has 0 aliphatic carbocycles. The third-order valence-corrected chi connectivity index (χ3v) is 4.39. The number of hydrogen-bond donors (Lipinski definition) is 1. The summed E-state index contributed by atoms with van der Waals surface area (Å²) in [6.45, 7) is 2.55. The Kier molecular flexibility index (Phi) is 7.30. The third kappa shape index (κ3) is 6.55. The number of nitrogens with one attached hydrogen (secondary N) is 1. The van der Waals surface area contributed by atoms with E-state index in [0.717, 1.165) is 17.1 Å². The predicted octanol–water partition coefficient (Wildman–Crippen LogP) is 4.33. The first-order chi connectivity index (χ1) is 11.1. The molecule has 1 amide bonds. The van der Waals surface area contributed by atoms with Gasteiger partial charge in [0.2, 0.25) is 5.91 Å². The van der Waals surface area contributed by atoms with Gasteiger partial charge in [0, 0.05) is 10.8 Å². The maximum atomic E-state index is 11.9. The number of rotatable bonds is 8. The van der Waals surface area contributed by atoms with E-state index in [1.165, 1.54) is 0 Å². The number of halogens is 1. The van der Waals surface area contributed by atoms with Crippen molar-refractivity contribution in [3.63, 3.8) is 0 Å². The SMILES string of the molecule is CC(NC(=O)CSCCOc1ccccc1)c1ccc(Cl)cc1. The standard InChI is InChI=1S/C18H20ClNO2S/c1-14(15-7-9-16(19)10-8-15)20-18(21)13-23-12-11-22-17-5-3-2-4-6-17/h2-10,14H,11-13H2,1H3,(H,20,21). The number of carbonyl (C=O) groups is 1. The summed E-state index contributed by atoms with van der Waals surface area (Å²) in [6.07, 6.45) is 0. The lowest BCUT2D eigenvalue weighted by atomic mass is 10.1. The Hall–Kier alpha value is -1.65. The highest BCUT2D eigenvalue weighted by molar-refractivity contribution is 7.99. The van der Waals surface area contributed by atoms with Gasteiger partial charge in [0.1, 0.15) is 5.75 Å². The molecule has 23 heavy (non-hydrogen) atoms. The minimum atomic E-state index is -0.0269. The molecule has 0 radical (unpaired) electrons. The molecule has 3 nitrogen and oxygen atoms in total. The molecule has 122 valence electrons. The fourth-order valence-electron chi connectivity index (χ4n) is 2.02. The fraction of sp³-hybridized carbons (Fsp3) is 0.278. The summed E-state index contributed by atoms with van der Waals surface area (Å²) >= 11 is 7.42. The second kappa shape index (κ2) is 9.48. The van der Waals surface area contributed by atoms with Crippen molar-refractivity contribution in [2.75, 3.05) is 18.1 Å². The van der Waals surface area contributed by atoms with Crippen LogP contribution < -0.4 is 10.1 Å². The van der Waals surface area contributed by atoms with Crippen LogP contribution in [0.5, 0.6) is 5.75 Å². The van der Waals surface area contributed by atoms with Gasteiger partial charge in [-0.2, -0.15) is 0 Å². The normalized spacial score (nSPS) is 11.7. The topological polar surface area (TPSA) is 38.3 Å². The monoisotopic (exact) mass is 349 g/mol. The summed E-state index contributed by atoms with van der Waals surface area (Å²) in [6, 6.07) is 17.2. The van der Waals surface area contributed by atoms with Crippen molar-refractivity contribution in [3.8, 4) is 5.75 Å². The van der Waals surface area contributed by atoms with Crippen LogP contribution in [-0.2, 0) is 4.79 Å². The van der Waals surface area contributed by atoms with Crippen molar-refractivity contribution in [2.45, 2.75) is 13.0 Å². The van der Waals surface area contributed by atoms with E-state index in [2.05, 4.69) is 5.32 Å². The molecule has 0 fully saturated rings. The first-order valence-corrected chi connectivity index (χ1v) is 8.99. The van der Waals surface area contributed by atoms with Gasteiger partial charge in [-0.1, -0.05) is 41.9 Å². The zero-order valence-corrected chi connectivity index (χ0v) is 14.6. The van der Waals surface area contributed by atoms with Gasteiger partial charge in [0.05, 0.1) is 18.4 Å². The Morgan fingerprint density at radius 2 is 1.87 bits per heavy atom. The van der Waals surface area contributed by atoms with E-state index in [-0.39, 0.29) is 11.9 Å². The summed E-state index contributed by atoms with van der Waals surface area (Å²) in [5.41, 5.74) is 1.04. The minimum absolute atomic E-state index is 0.0251. The quantitative estimate of drug-likeness (QED) is 0.721. The highest BCUT2D eigenvalue weighted by Gasteiger charge is 2.09. The van der Waals surface area contributed by atoms with Crippen LogP contribution in [0.4, 0.5) is 0 Å². The lowest BCUT2D eigenvalue weighted by molar-refractivity contribution is -0.119. The second-order valence-corrected chi connectivity index (χ2v) is 6.60.